The van der Waals surface area contributed by atoms with Crippen LogP contribution in [0.4, 0.5) is 0 Å². The van der Waals surface area contributed by atoms with E-state index >= 15 is 0 Å². The van der Waals surface area contributed by atoms with Crippen LogP contribution in [-0.2, 0) is 0 Å². The van der Waals surface area contributed by atoms with Gasteiger partial charge in [-0.15, -0.1) is 6.58 Å². The molecule has 1 heterocycles. The Morgan fingerprint density at radius 3 is 2.62 bits per heavy atom. The molecule has 8 heavy (non-hydrogen) atoms. The first kappa shape index (κ1) is 5.93. The number of hydrogen-bond acceptors (Lipinski definition) is 0. The second kappa shape index (κ2) is 2.39. The highest BCUT2D eigenvalue weighted by atomic mass is 14.1. The van der Waals surface area contributed by atoms with Crippen LogP contribution in [0.25, 0.3) is 0 Å². The highest BCUT2D eigenvalue weighted by Gasteiger charge is 2.19. The summed E-state index contributed by atoms with van der Waals surface area (Å²) < 4.78 is 0. The van der Waals surface area contributed by atoms with Crippen molar-refractivity contribution in [1.29, 1.82) is 0 Å². The van der Waals surface area contributed by atoms with Crippen LogP contribution >= 0.6 is 0 Å². The van der Waals surface area contributed by atoms with E-state index in [-0.39, 0.29) is 0 Å². The van der Waals surface area contributed by atoms with Crippen LogP contribution in [-0.4, -0.2) is 7.28 Å². The van der Waals surface area contributed by atoms with E-state index in [1.165, 1.54) is 12.8 Å². The summed E-state index contributed by atoms with van der Waals surface area (Å²) in [6, 6.07) is 0. The topological polar surface area (TPSA) is 0 Å². The highest BCUT2D eigenvalue weighted by molar-refractivity contribution is 6.41. The Bertz CT molecular complexity index is 88.4. The van der Waals surface area contributed by atoms with E-state index in [0.29, 0.717) is 5.82 Å². The van der Waals surface area contributed by atoms with Gasteiger partial charge in [0.05, 0.1) is 0 Å². The average Bonchev–Trinajstić information content (AvgIpc) is 2.14. The first-order valence-corrected chi connectivity index (χ1v) is 3.30. The van der Waals surface area contributed by atoms with E-state index in [9.17, 15) is 0 Å². The standard InChI is InChI=1S/C7H12B/c1-3-7-5-4-6(2)8-7/h3,6-7H,1,4-5H2,2H3/t6-,7-/m1/s1. The molecule has 0 aromatic carbocycles. The summed E-state index contributed by atoms with van der Waals surface area (Å²) in [7, 11) is 2.38. The third kappa shape index (κ3) is 1.15. The van der Waals surface area contributed by atoms with Gasteiger partial charge in [-0.3, -0.25) is 0 Å². The lowest BCUT2D eigenvalue weighted by molar-refractivity contribution is 0.790. The van der Waals surface area contributed by atoms with Gasteiger partial charge in [-0.1, -0.05) is 37.5 Å². The fraction of sp³-hybridized carbons (Fsp3) is 0.714. The monoisotopic (exact) mass is 107 g/mol. The second-order valence-electron chi connectivity index (χ2n) is 2.65. The number of rotatable bonds is 1. The molecule has 1 heteroatoms. The summed E-state index contributed by atoms with van der Waals surface area (Å²) in [5, 5.41) is 0. The van der Waals surface area contributed by atoms with Gasteiger partial charge in [-0.2, -0.15) is 0 Å². The molecule has 0 bridgehead atoms. The Kier molecular flexibility index (Phi) is 1.77. The van der Waals surface area contributed by atoms with Crippen LogP contribution in [0.2, 0.25) is 11.6 Å². The third-order valence-electron chi connectivity index (χ3n) is 1.83. The fourth-order valence-corrected chi connectivity index (χ4v) is 1.27. The van der Waals surface area contributed by atoms with Crippen molar-refractivity contribution in [3.8, 4) is 0 Å². The van der Waals surface area contributed by atoms with Gasteiger partial charge in [-0.05, 0) is 0 Å². The summed E-state index contributed by atoms with van der Waals surface area (Å²) in [6.07, 6.45) is 4.73. The molecule has 1 rings (SSSR count). The minimum absolute atomic E-state index is 0.713. The molecule has 0 nitrogen and oxygen atoms in total. The molecule has 0 amide bonds. The van der Waals surface area contributed by atoms with Gasteiger partial charge in [-0.25, -0.2) is 0 Å². The molecule has 1 aliphatic heterocycles. The van der Waals surface area contributed by atoms with Crippen molar-refractivity contribution in [3.05, 3.63) is 12.7 Å². The van der Waals surface area contributed by atoms with Crippen LogP contribution in [0.5, 0.6) is 0 Å². The predicted molar refractivity (Wildman–Crippen MR) is 38.4 cm³/mol. The van der Waals surface area contributed by atoms with E-state index in [1.54, 1.807) is 0 Å². The average molecular weight is 107 g/mol. The lowest BCUT2D eigenvalue weighted by Crippen LogP contribution is -1.92. The van der Waals surface area contributed by atoms with Gasteiger partial charge in [0, 0.05) is 0 Å². The van der Waals surface area contributed by atoms with Crippen molar-refractivity contribution in [1.82, 2.24) is 0 Å². The molecule has 1 saturated heterocycles. The molecule has 2 atom stereocenters. The van der Waals surface area contributed by atoms with Crippen LogP contribution in [0.15, 0.2) is 12.7 Å². The molecular formula is C7H12B. The first-order valence-electron chi connectivity index (χ1n) is 3.30. The number of hydrogen-bond donors (Lipinski definition) is 0. The highest BCUT2D eigenvalue weighted by Crippen LogP contribution is 2.31. The molecule has 0 saturated carbocycles. The molecule has 0 aliphatic carbocycles. The van der Waals surface area contributed by atoms with E-state index in [4.69, 9.17) is 0 Å². The van der Waals surface area contributed by atoms with Gasteiger partial charge >= 0.3 is 0 Å². The predicted octanol–water partition coefficient (Wildman–Crippen LogP) is 2.27. The largest absolute Gasteiger partial charge is 0.122 e. The Hall–Kier alpha value is -0.195. The van der Waals surface area contributed by atoms with Crippen molar-refractivity contribution in [3.63, 3.8) is 0 Å². The van der Waals surface area contributed by atoms with Gasteiger partial charge in [0.15, 0.2) is 0 Å². The zero-order valence-corrected chi connectivity index (χ0v) is 5.43. The van der Waals surface area contributed by atoms with Gasteiger partial charge < -0.3 is 0 Å². The quantitative estimate of drug-likeness (QED) is 0.356. The first-order chi connectivity index (χ1) is 3.83. The second-order valence-corrected chi connectivity index (χ2v) is 2.65. The van der Waals surface area contributed by atoms with Crippen molar-refractivity contribution in [2.45, 2.75) is 31.4 Å². The Labute approximate surface area is 52.2 Å². The molecule has 0 aromatic heterocycles. The molecule has 1 radical (unpaired) electrons. The summed E-state index contributed by atoms with van der Waals surface area (Å²) >= 11 is 0. The number of allylic oxidation sites excluding steroid dienone is 1. The molecule has 1 fully saturated rings. The molecule has 1 aliphatic rings. The van der Waals surface area contributed by atoms with Crippen molar-refractivity contribution < 1.29 is 0 Å². The smallest absolute Gasteiger partial charge is 0.104 e. The lowest BCUT2D eigenvalue weighted by atomic mass is 9.61. The molecular weight excluding hydrogens is 94.9 g/mol. The maximum atomic E-state index is 3.75. The maximum Gasteiger partial charge on any atom is 0.122 e. The Morgan fingerprint density at radius 1 is 1.62 bits per heavy atom. The summed E-state index contributed by atoms with van der Waals surface area (Å²) in [6.45, 7) is 6.01. The van der Waals surface area contributed by atoms with Crippen LogP contribution in [0.3, 0.4) is 0 Å². The normalized spacial score (nSPS) is 36.6. The minimum atomic E-state index is 0.713. The summed E-state index contributed by atoms with van der Waals surface area (Å²) in [5.41, 5.74) is 0. The van der Waals surface area contributed by atoms with E-state index < -0.39 is 0 Å². The van der Waals surface area contributed by atoms with Crippen molar-refractivity contribution in [2.75, 3.05) is 0 Å². The molecule has 0 N–H and O–H groups in total. The third-order valence-corrected chi connectivity index (χ3v) is 1.83. The zero-order chi connectivity index (χ0) is 5.98. The molecule has 0 aromatic rings. The Balaban J connectivity index is 2.32. The maximum absolute atomic E-state index is 3.75. The van der Waals surface area contributed by atoms with E-state index in [2.05, 4.69) is 20.8 Å². The van der Waals surface area contributed by atoms with Crippen LogP contribution < -0.4 is 0 Å². The van der Waals surface area contributed by atoms with E-state index in [0.717, 1.165) is 5.82 Å². The van der Waals surface area contributed by atoms with Gasteiger partial charge in [0.1, 0.15) is 7.28 Å². The van der Waals surface area contributed by atoms with Gasteiger partial charge in [0.2, 0.25) is 0 Å². The van der Waals surface area contributed by atoms with Crippen molar-refractivity contribution >= 4 is 7.28 Å². The summed E-state index contributed by atoms with van der Waals surface area (Å²) in [5.74, 6) is 1.54. The minimum Gasteiger partial charge on any atom is -0.104 e. The summed E-state index contributed by atoms with van der Waals surface area (Å²) in [4.78, 5) is 0. The fourth-order valence-electron chi connectivity index (χ4n) is 1.27. The molecule has 43 valence electrons. The van der Waals surface area contributed by atoms with Gasteiger partial charge in [0.25, 0.3) is 0 Å². The molecule has 0 unspecified atom stereocenters. The molecule has 0 spiro atoms. The zero-order valence-electron chi connectivity index (χ0n) is 5.43. The lowest BCUT2D eigenvalue weighted by Gasteiger charge is -1.95. The van der Waals surface area contributed by atoms with Crippen LogP contribution in [0.1, 0.15) is 19.8 Å². The van der Waals surface area contributed by atoms with Crippen molar-refractivity contribution in [2.24, 2.45) is 0 Å². The van der Waals surface area contributed by atoms with E-state index in [1.807, 2.05) is 6.08 Å². The Morgan fingerprint density at radius 2 is 2.38 bits per heavy atom. The SMILES string of the molecule is C=C[C@H]1[B][C@H](C)CC1. The van der Waals surface area contributed by atoms with Crippen LogP contribution in [0, 0.1) is 0 Å².